The zero-order valence-electron chi connectivity index (χ0n) is 5.59. The van der Waals surface area contributed by atoms with Gasteiger partial charge < -0.3 is 10.1 Å². The highest BCUT2D eigenvalue weighted by Crippen LogP contribution is 1.96. The highest BCUT2D eigenvalue weighted by atomic mass is 127. The third kappa shape index (κ3) is 2.70. The summed E-state index contributed by atoms with van der Waals surface area (Å²) in [6, 6.07) is 0. The van der Waals surface area contributed by atoms with Gasteiger partial charge in [0, 0.05) is 4.43 Å². The average molecular weight is 251 g/mol. The minimum Gasteiger partial charge on any atom is -0.363 e. The number of nitrogens with one attached hydrogen (secondary N) is 1. The highest BCUT2D eigenvalue weighted by Gasteiger charge is 2.01. The van der Waals surface area contributed by atoms with Crippen LogP contribution in [0.1, 0.15) is 0 Å². The molecule has 1 rings (SSSR count). The van der Waals surface area contributed by atoms with Gasteiger partial charge in [0.1, 0.15) is 6.23 Å². The first-order chi connectivity index (χ1) is 4.93. The van der Waals surface area contributed by atoms with Gasteiger partial charge >= 0.3 is 0 Å². The largest absolute Gasteiger partial charge is 0.363 e. The molecule has 10 heavy (non-hydrogen) atoms. The number of allylic oxidation sites excluding steroid dienone is 2. The maximum atomic E-state index is 5.38. The van der Waals surface area contributed by atoms with Crippen LogP contribution >= 0.6 is 22.6 Å². The Kier molecular flexibility index (Phi) is 3.82. The molecule has 0 bridgehead atoms. The molecule has 0 aromatic heterocycles. The molecule has 0 aromatic rings. The van der Waals surface area contributed by atoms with Crippen LogP contribution in [0.2, 0.25) is 0 Å². The molecule has 1 aliphatic rings. The molecule has 1 heterocycles. The predicted octanol–water partition coefficient (Wildman–Crippen LogP) is 1.44. The summed E-state index contributed by atoms with van der Waals surface area (Å²) in [6.45, 7) is 0.802. The predicted molar refractivity (Wildman–Crippen MR) is 50.0 cm³/mol. The zero-order chi connectivity index (χ0) is 7.23. The topological polar surface area (TPSA) is 21.3 Å². The Labute approximate surface area is 74.5 Å². The minimum atomic E-state index is 0.0831. The molecular formula is C7H10INO. The van der Waals surface area contributed by atoms with E-state index < -0.39 is 0 Å². The van der Waals surface area contributed by atoms with Gasteiger partial charge in [-0.3, -0.25) is 0 Å². The lowest BCUT2D eigenvalue weighted by Gasteiger charge is -2.15. The van der Waals surface area contributed by atoms with Crippen molar-refractivity contribution in [1.29, 1.82) is 0 Å². The quantitative estimate of drug-likeness (QED) is 0.605. The molecular weight excluding hydrogens is 241 g/mol. The summed E-state index contributed by atoms with van der Waals surface area (Å²) >= 11 is 2.29. The molecule has 56 valence electrons. The SMILES string of the molecule is ICCOC1C=CC=CN1. The van der Waals surface area contributed by atoms with Crippen molar-refractivity contribution in [3.63, 3.8) is 0 Å². The Morgan fingerprint density at radius 1 is 1.50 bits per heavy atom. The van der Waals surface area contributed by atoms with Crippen LogP contribution in [-0.4, -0.2) is 17.3 Å². The van der Waals surface area contributed by atoms with Crippen LogP contribution < -0.4 is 5.32 Å². The molecule has 3 heteroatoms. The summed E-state index contributed by atoms with van der Waals surface area (Å²) < 4.78 is 6.41. The fraction of sp³-hybridized carbons (Fsp3) is 0.429. The summed E-state index contributed by atoms with van der Waals surface area (Å²) in [7, 11) is 0. The summed E-state index contributed by atoms with van der Waals surface area (Å²) in [5, 5.41) is 3.06. The molecule has 0 fully saturated rings. The fourth-order valence-corrected chi connectivity index (χ4v) is 0.956. The van der Waals surface area contributed by atoms with E-state index in [0.29, 0.717) is 0 Å². The normalized spacial score (nSPS) is 22.7. The van der Waals surface area contributed by atoms with Gasteiger partial charge in [0.25, 0.3) is 0 Å². The lowest BCUT2D eigenvalue weighted by Crippen LogP contribution is -2.27. The van der Waals surface area contributed by atoms with E-state index in [0.717, 1.165) is 11.0 Å². The van der Waals surface area contributed by atoms with E-state index >= 15 is 0 Å². The third-order valence-corrected chi connectivity index (χ3v) is 1.57. The summed E-state index contributed by atoms with van der Waals surface area (Å²) in [5.41, 5.74) is 0. The lowest BCUT2D eigenvalue weighted by molar-refractivity contribution is 0.0848. The summed E-state index contributed by atoms with van der Waals surface area (Å²) in [6.07, 6.45) is 7.89. The van der Waals surface area contributed by atoms with Gasteiger partial charge in [-0.15, -0.1) is 0 Å². The van der Waals surface area contributed by atoms with Crippen molar-refractivity contribution in [2.24, 2.45) is 0 Å². The van der Waals surface area contributed by atoms with Crippen molar-refractivity contribution in [3.05, 3.63) is 24.4 Å². The van der Waals surface area contributed by atoms with E-state index in [4.69, 9.17) is 4.74 Å². The first kappa shape index (κ1) is 8.07. The molecule has 0 saturated carbocycles. The van der Waals surface area contributed by atoms with Crippen molar-refractivity contribution >= 4 is 22.6 Å². The number of hydrogen-bond acceptors (Lipinski definition) is 2. The second kappa shape index (κ2) is 4.73. The van der Waals surface area contributed by atoms with Crippen LogP contribution in [0, 0.1) is 0 Å². The Hall–Kier alpha value is -0.0300. The molecule has 1 unspecified atom stereocenters. The summed E-state index contributed by atoms with van der Waals surface area (Å²) in [5.74, 6) is 0. The van der Waals surface area contributed by atoms with Gasteiger partial charge in [-0.1, -0.05) is 28.7 Å². The summed E-state index contributed by atoms with van der Waals surface area (Å²) in [4.78, 5) is 0. The molecule has 2 nitrogen and oxygen atoms in total. The number of hydrogen-bond donors (Lipinski definition) is 1. The zero-order valence-corrected chi connectivity index (χ0v) is 7.74. The fourth-order valence-electron chi connectivity index (χ4n) is 0.702. The average Bonchev–Trinajstić information content (AvgIpc) is 2.03. The third-order valence-electron chi connectivity index (χ3n) is 1.13. The van der Waals surface area contributed by atoms with E-state index in [9.17, 15) is 0 Å². The van der Waals surface area contributed by atoms with Gasteiger partial charge in [0.2, 0.25) is 0 Å². The molecule has 0 spiro atoms. The van der Waals surface area contributed by atoms with E-state index in [1.54, 1.807) is 0 Å². The number of rotatable bonds is 3. The molecule has 1 N–H and O–H groups in total. The van der Waals surface area contributed by atoms with E-state index in [-0.39, 0.29) is 6.23 Å². The van der Waals surface area contributed by atoms with Crippen molar-refractivity contribution in [1.82, 2.24) is 5.32 Å². The molecule has 1 aliphatic heterocycles. The Morgan fingerprint density at radius 3 is 3.00 bits per heavy atom. The van der Waals surface area contributed by atoms with Crippen molar-refractivity contribution in [3.8, 4) is 0 Å². The molecule has 0 aromatic carbocycles. The highest BCUT2D eigenvalue weighted by molar-refractivity contribution is 14.1. The van der Waals surface area contributed by atoms with Crippen LogP contribution in [0.5, 0.6) is 0 Å². The smallest absolute Gasteiger partial charge is 0.146 e. The van der Waals surface area contributed by atoms with Crippen molar-refractivity contribution < 1.29 is 4.74 Å². The Balaban J connectivity index is 2.17. The van der Waals surface area contributed by atoms with E-state index in [2.05, 4.69) is 27.9 Å². The van der Waals surface area contributed by atoms with Crippen molar-refractivity contribution in [2.45, 2.75) is 6.23 Å². The molecule has 0 amide bonds. The molecule has 1 atom stereocenters. The first-order valence-corrected chi connectivity index (χ1v) is 4.73. The molecule has 0 radical (unpaired) electrons. The second-order valence-corrected chi connectivity index (χ2v) is 2.97. The maximum Gasteiger partial charge on any atom is 0.146 e. The van der Waals surface area contributed by atoms with Crippen LogP contribution in [0.4, 0.5) is 0 Å². The minimum absolute atomic E-state index is 0.0831. The van der Waals surface area contributed by atoms with Crippen LogP contribution in [-0.2, 0) is 4.74 Å². The van der Waals surface area contributed by atoms with Gasteiger partial charge in [-0.2, -0.15) is 0 Å². The van der Waals surface area contributed by atoms with E-state index in [1.807, 2.05) is 24.4 Å². The maximum absolute atomic E-state index is 5.38. The van der Waals surface area contributed by atoms with Crippen LogP contribution in [0.3, 0.4) is 0 Å². The lowest BCUT2D eigenvalue weighted by atomic mass is 10.4. The van der Waals surface area contributed by atoms with Gasteiger partial charge in [0.15, 0.2) is 0 Å². The Morgan fingerprint density at radius 2 is 2.40 bits per heavy atom. The van der Waals surface area contributed by atoms with Gasteiger partial charge in [0.05, 0.1) is 6.61 Å². The van der Waals surface area contributed by atoms with Crippen molar-refractivity contribution in [2.75, 3.05) is 11.0 Å². The first-order valence-electron chi connectivity index (χ1n) is 3.20. The van der Waals surface area contributed by atoms with Gasteiger partial charge in [-0.05, 0) is 18.4 Å². The van der Waals surface area contributed by atoms with E-state index in [1.165, 1.54) is 0 Å². The standard InChI is InChI=1S/C7H10INO/c8-4-6-10-7-3-1-2-5-9-7/h1-3,5,7,9H,4,6H2. The number of dihydropyridines is 1. The number of halogens is 1. The number of ether oxygens (including phenoxy) is 1. The van der Waals surface area contributed by atoms with Crippen LogP contribution in [0.25, 0.3) is 0 Å². The number of alkyl halides is 1. The van der Waals surface area contributed by atoms with Crippen LogP contribution in [0.15, 0.2) is 24.4 Å². The molecule has 0 saturated heterocycles. The molecule has 0 aliphatic carbocycles. The monoisotopic (exact) mass is 251 g/mol. The Bertz CT molecular complexity index is 145. The van der Waals surface area contributed by atoms with Gasteiger partial charge in [-0.25, -0.2) is 0 Å². The second-order valence-electron chi connectivity index (χ2n) is 1.89.